The average Bonchev–Trinajstić information content (AvgIpc) is 2.63. The third kappa shape index (κ3) is 1.95. The molecular formula is C11H10BrFN2O. The zero-order valence-corrected chi connectivity index (χ0v) is 10.2. The molecule has 2 rings (SSSR count). The molecule has 0 fully saturated rings. The molecule has 0 aliphatic carbocycles. The predicted molar refractivity (Wildman–Crippen MR) is 63.4 cm³/mol. The lowest BCUT2D eigenvalue weighted by atomic mass is 10.1. The monoisotopic (exact) mass is 284 g/mol. The number of aromatic nitrogens is 1. The SMILES string of the molecule is CCc1oc(N)nc1-c1cc(Br)ccc1F. The van der Waals surface area contributed by atoms with Crippen LogP contribution in [0.25, 0.3) is 11.3 Å². The van der Waals surface area contributed by atoms with Crippen LogP contribution >= 0.6 is 15.9 Å². The normalized spacial score (nSPS) is 10.7. The van der Waals surface area contributed by atoms with Crippen LogP contribution in [-0.2, 0) is 6.42 Å². The molecule has 84 valence electrons. The topological polar surface area (TPSA) is 52.0 Å². The second-order valence-corrected chi connectivity index (χ2v) is 4.22. The van der Waals surface area contributed by atoms with Crippen molar-refractivity contribution in [1.29, 1.82) is 0 Å². The fourth-order valence-corrected chi connectivity index (χ4v) is 1.86. The number of hydrogen-bond donors (Lipinski definition) is 1. The number of rotatable bonds is 2. The van der Waals surface area contributed by atoms with Gasteiger partial charge in [-0.2, -0.15) is 4.98 Å². The zero-order valence-electron chi connectivity index (χ0n) is 8.63. The fourth-order valence-electron chi connectivity index (χ4n) is 1.50. The van der Waals surface area contributed by atoms with E-state index in [-0.39, 0.29) is 11.8 Å². The first-order valence-electron chi connectivity index (χ1n) is 4.82. The molecule has 3 nitrogen and oxygen atoms in total. The van der Waals surface area contributed by atoms with Gasteiger partial charge in [0.25, 0.3) is 6.01 Å². The van der Waals surface area contributed by atoms with Gasteiger partial charge in [-0.1, -0.05) is 22.9 Å². The molecule has 2 aromatic rings. The van der Waals surface area contributed by atoms with Crippen LogP contribution in [0.15, 0.2) is 27.1 Å². The van der Waals surface area contributed by atoms with E-state index in [4.69, 9.17) is 10.2 Å². The van der Waals surface area contributed by atoms with Crippen molar-refractivity contribution in [2.75, 3.05) is 5.73 Å². The summed E-state index contributed by atoms with van der Waals surface area (Å²) in [6.07, 6.45) is 0.617. The molecular weight excluding hydrogens is 275 g/mol. The van der Waals surface area contributed by atoms with Gasteiger partial charge >= 0.3 is 0 Å². The Labute approximate surface area is 101 Å². The summed E-state index contributed by atoms with van der Waals surface area (Å²) in [7, 11) is 0. The number of anilines is 1. The summed E-state index contributed by atoms with van der Waals surface area (Å²) in [6.45, 7) is 1.90. The molecule has 1 aromatic heterocycles. The van der Waals surface area contributed by atoms with Gasteiger partial charge in [-0.3, -0.25) is 0 Å². The predicted octanol–water partition coefficient (Wildman–Crippen LogP) is 3.39. The van der Waals surface area contributed by atoms with E-state index < -0.39 is 0 Å². The lowest BCUT2D eigenvalue weighted by molar-refractivity contribution is 0.530. The molecule has 0 saturated carbocycles. The summed E-state index contributed by atoms with van der Waals surface area (Å²) < 4.78 is 19.6. The van der Waals surface area contributed by atoms with Crippen LogP contribution in [0, 0.1) is 5.82 Å². The van der Waals surface area contributed by atoms with Gasteiger partial charge in [0.15, 0.2) is 0 Å². The molecule has 5 heteroatoms. The maximum atomic E-state index is 13.6. The summed E-state index contributed by atoms with van der Waals surface area (Å²) in [5, 5.41) is 0. The highest BCUT2D eigenvalue weighted by Crippen LogP contribution is 2.29. The maximum absolute atomic E-state index is 13.6. The van der Waals surface area contributed by atoms with Crippen molar-refractivity contribution in [3.05, 3.63) is 34.2 Å². The quantitative estimate of drug-likeness (QED) is 0.920. The molecule has 1 aromatic carbocycles. The Morgan fingerprint density at radius 2 is 2.25 bits per heavy atom. The van der Waals surface area contributed by atoms with Crippen LogP contribution in [0.5, 0.6) is 0 Å². The molecule has 0 spiro atoms. The van der Waals surface area contributed by atoms with Crippen LogP contribution in [0.1, 0.15) is 12.7 Å². The first-order valence-corrected chi connectivity index (χ1v) is 5.61. The summed E-state index contributed by atoms with van der Waals surface area (Å²) in [6, 6.07) is 4.73. The zero-order chi connectivity index (χ0) is 11.7. The fraction of sp³-hybridized carbons (Fsp3) is 0.182. The highest BCUT2D eigenvalue weighted by molar-refractivity contribution is 9.10. The van der Waals surface area contributed by atoms with Crippen molar-refractivity contribution >= 4 is 21.9 Å². The van der Waals surface area contributed by atoms with Gasteiger partial charge < -0.3 is 10.2 Å². The van der Waals surface area contributed by atoms with Gasteiger partial charge in [0.05, 0.1) is 0 Å². The van der Waals surface area contributed by atoms with E-state index in [0.29, 0.717) is 23.4 Å². The van der Waals surface area contributed by atoms with E-state index in [9.17, 15) is 4.39 Å². The Kier molecular flexibility index (Phi) is 2.96. The van der Waals surface area contributed by atoms with E-state index in [1.165, 1.54) is 6.07 Å². The van der Waals surface area contributed by atoms with Crippen molar-refractivity contribution in [3.63, 3.8) is 0 Å². The molecule has 2 N–H and O–H groups in total. The molecule has 0 atom stereocenters. The van der Waals surface area contributed by atoms with Crippen molar-refractivity contribution in [1.82, 2.24) is 4.98 Å². The minimum atomic E-state index is -0.341. The summed E-state index contributed by atoms with van der Waals surface area (Å²) >= 11 is 3.29. The second-order valence-electron chi connectivity index (χ2n) is 3.30. The Hall–Kier alpha value is -1.36. The van der Waals surface area contributed by atoms with E-state index in [2.05, 4.69) is 20.9 Å². The van der Waals surface area contributed by atoms with Gasteiger partial charge in [0.2, 0.25) is 0 Å². The number of hydrogen-bond acceptors (Lipinski definition) is 3. The second kappa shape index (κ2) is 4.25. The Balaban J connectivity index is 2.61. The van der Waals surface area contributed by atoms with Gasteiger partial charge in [0.1, 0.15) is 17.3 Å². The highest BCUT2D eigenvalue weighted by atomic mass is 79.9. The molecule has 0 bridgehead atoms. The van der Waals surface area contributed by atoms with Gasteiger partial charge in [0, 0.05) is 16.5 Å². The van der Waals surface area contributed by atoms with Crippen molar-refractivity contribution in [3.8, 4) is 11.3 Å². The van der Waals surface area contributed by atoms with Crippen molar-refractivity contribution in [2.45, 2.75) is 13.3 Å². The van der Waals surface area contributed by atoms with E-state index in [1.54, 1.807) is 12.1 Å². The lowest BCUT2D eigenvalue weighted by Crippen LogP contribution is -1.89. The number of nitrogens with zero attached hydrogens (tertiary/aromatic N) is 1. The molecule has 16 heavy (non-hydrogen) atoms. The van der Waals surface area contributed by atoms with Gasteiger partial charge in [-0.25, -0.2) is 4.39 Å². The van der Waals surface area contributed by atoms with Crippen LogP contribution in [0.3, 0.4) is 0 Å². The molecule has 0 unspecified atom stereocenters. The number of benzene rings is 1. The van der Waals surface area contributed by atoms with E-state index >= 15 is 0 Å². The van der Waals surface area contributed by atoms with Crippen LogP contribution in [0.4, 0.5) is 10.4 Å². The molecule has 0 radical (unpaired) electrons. The maximum Gasteiger partial charge on any atom is 0.292 e. The number of nitrogens with two attached hydrogens (primary N) is 1. The van der Waals surface area contributed by atoms with Gasteiger partial charge in [-0.15, -0.1) is 0 Å². The van der Waals surface area contributed by atoms with Gasteiger partial charge in [-0.05, 0) is 18.2 Å². The average molecular weight is 285 g/mol. The largest absolute Gasteiger partial charge is 0.428 e. The standard InChI is InChI=1S/C11H10BrFN2O/c1-2-9-10(15-11(14)16-9)7-5-6(12)3-4-8(7)13/h3-5H,2H2,1H3,(H2,14,15). The molecule has 0 saturated heterocycles. The number of aryl methyl sites for hydroxylation is 1. The summed E-state index contributed by atoms with van der Waals surface area (Å²) in [5.41, 5.74) is 6.33. The van der Waals surface area contributed by atoms with Crippen LogP contribution < -0.4 is 5.73 Å². The minimum Gasteiger partial charge on any atom is -0.428 e. The number of nitrogen functional groups attached to an aromatic ring is 1. The van der Waals surface area contributed by atoms with E-state index in [0.717, 1.165) is 4.47 Å². The Bertz CT molecular complexity index is 525. The molecule has 1 heterocycles. The first-order chi connectivity index (χ1) is 7.61. The molecule has 0 amide bonds. The van der Waals surface area contributed by atoms with Crippen LogP contribution in [-0.4, -0.2) is 4.98 Å². The van der Waals surface area contributed by atoms with Crippen LogP contribution in [0.2, 0.25) is 0 Å². The smallest absolute Gasteiger partial charge is 0.292 e. The number of halogens is 2. The highest BCUT2D eigenvalue weighted by Gasteiger charge is 2.15. The number of oxazole rings is 1. The van der Waals surface area contributed by atoms with E-state index in [1.807, 2.05) is 6.92 Å². The van der Waals surface area contributed by atoms with Crippen molar-refractivity contribution < 1.29 is 8.81 Å². The first kappa shape index (κ1) is 11.1. The summed E-state index contributed by atoms with van der Waals surface area (Å²) in [4.78, 5) is 4.00. The third-order valence-corrected chi connectivity index (χ3v) is 2.71. The minimum absolute atomic E-state index is 0.0613. The summed E-state index contributed by atoms with van der Waals surface area (Å²) in [5.74, 6) is 0.251. The van der Waals surface area contributed by atoms with Crippen molar-refractivity contribution in [2.24, 2.45) is 0 Å². The molecule has 0 aliphatic rings. The third-order valence-electron chi connectivity index (χ3n) is 2.22. The molecule has 0 aliphatic heterocycles. The Morgan fingerprint density at radius 1 is 1.50 bits per heavy atom. The lowest BCUT2D eigenvalue weighted by Gasteiger charge is -2.01. The Morgan fingerprint density at radius 3 is 2.94 bits per heavy atom.